The summed E-state index contributed by atoms with van der Waals surface area (Å²) < 4.78 is 12.1. The lowest BCUT2D eigenvalue weighted by Crippen LogP contribution is -2.14. The first-order chi connectivity index (χ1) is 10.2. The van der Waals surface area contributed by atoms with Crippen LogP contribution < -0.4 is 15.0 Å². The Kier molecular flexibility index (Phi) is 1.76. The van der Waals surface area contributed by atoms with Gasteiger partial charge in [-0.3, -0.25) is 4.79 Å². The Morgan fingerprint density at radius 3 is 2.62 bits per heavy atom. The van der Waals surface area contributed by atoms with E-state index in [0.29, 0.717) is 16.9 Å². The third-order valence-electron chi connectivity index (χ3n) is 3.91. The second-order valence-electron chi connectivity index (χ2n) is 5.24. The molecule has 0 radical (unpaired) electrons. The average molecular weight is 279 g/mol. The van der Waals surface area contributed by atoms with E-state index in [1.54, 1.807) is 6.07 Å². The molecule has 4 aromatic rings. The van der Waals surface area contributed by atoms with E-state index in [0.717, 1.165) is 27.4 Å². The van der Waals surface area contributed by atoms with Crippen molar-refractivity contribution in [3.05, 3.63) is 40.2 Å². The number of hydrogen-bond acceptors (Lipinski definition) is 5. The lowest BCUT2D eigenvalue weighted by Gasteiger charge is -2.06. The van der Waals surface area contributed by atoms with Gasteiger partial charge in [0.15, 0.2) is 11.5 Å². The van der Waals surface area contributed by atoms with E-state index in [1.165, 1.54) is 4.52 Å². The molecule has 0 atom stereocenters. The molecule has 6 heteroatoms. The Morgan fingerprint density at radius 2 is 1.81 bits per heavy atom. The molecule has 0 saturated heterocycles. The van der Waals surface area contributed by atoms with Gasteiger partial charge in [0.05, 0.1) is 5.39 Å². The van der Waals surface area contributed by atoms with Crippen molar-refractivity contribution in [2.24, 2.45) is 0 Å². The predicted molar refractivity (Wildman–Crippen MR) is 76.3 cm³/mol. The molecule has 0 saturated carbocycles. The van der Waals surface area contributed by atoms with Gasteiger partial charge in [-0.25, -0.2) is 0 Å². The maximum absolute atomic E-state index is 12.6. The molecule has 0 bridgehead atoms. The fourth-order valence-corrected chi connectivity index (χ4v) is 3.00. The lowest BCUT2D eigenvalue weighted by molar-refractivity contribution is 0.174. The van der Waals surface area contributed by atoms with Crippen molar-refractivity contribution in [3.8, 4) is 11.5 Å². The molecular formula is C15H9N3O3. The quantitative estimate of drug-likeness (QED) is 0.460. The standard InChI is InChI=1S/C15H9N3O3/c1-7-2-9-8-4-12-13(21-6-20-12)5-10(8)15(19)18-14(9)11(3-7)16-17-18/h2-5H,6H2,1H3. The maximum atomic E-state index is 12.6. The van der Waals surface area contributed by atoms with Gasteiger partial charge in [-0.05, 0) is 36.8 Å². The minimum atomic E-state index is -0.192. The Balaban J connectivity index is 2.14. The van der Waals surface area contributed by atoms with Gasteiger partial charge in [0.2, 0.25) is 6.79 Å². The molecular weight excluding hydrogens is 270 g/mol. The van der Waals surface area contributed by atoms with Crippen molar-refractivity contribution in [1.82, 2.24) is 14.8 Å². The van der Waals surface area contributed by atoms with Crippen molar-refractivity contribution >= 4 is 27.2 Å². The SMILES string of the molecule is Cc1cc2nnn3c(=O)c4cc5c(cc4c(c1)c23)OCO5. The number of hydrogen-bond donors (Lipinski definition) is 0. The minimum absolute atomic E-state index is 0.182. The first-order valence-electron chi connectivity index (χ1n) is 6.57. The molecule has 21 heavy (non-hydrogen) atoms. The summed E-state index contributed by atoms with van der Waals surface area (Å²) in [4.78, 5) is 12.6. The predicted octanol–water partition coefficient (Wildman–Crippen LogP) is 1.87. The summed E-state index contributed by atoms with van der Waals surface area (Å²) in [6, 6.07) is 7.54. The third-order valence-corrected chi connectivity index (χ3v) is 3.91. The van der Waals surface area contributed by atoms with Crippen LogP contribution in [0.2, 0.25) is 0 Å². The van der Waals surface area contributed by atoms with Gasteiger partial charge in [0.25, 0.3) is 5.56 Å². The Hall–Kier alpha value is -2.89. The Bertz CT molecular complexity index is 1100. The largest absolute Gasteiger partial charge is 0.454 e. The number of ether oxygens (including phenoxy) is 2. The highest BCUT2D eigenvalue weighted by Gasteiger charge is 2.20. The van der Waals surface area contributed by atoms with Crippen LogP contribution in [0.15, 0.2) is 29.1 Å². The number of pyridine rings is 1. The second-order valence-corrected chi connectivity index (χ2v) is 5.24. The van der Waals surface area contributed by atoms with Crippen LogP contribution in [0.25, 0.3) is 27.2 Å². The molecule has 0 aliphatic carbocycles. The first-order valence-corrected chi connectivity index (χ1v) is 6.57. The Morgan fingerprint density at radius 1 is 1.05 bits per heavy atom. The van der Waals surface area contributed by atoms with Gasteiger partial charge in [0, 0.05) is 10.8 Å². The van der Waals surface area contributed by atoms with Gasteiger partial charge in [-0.1, -0.05) is 5.21 Å². The van der Waals surface area contributed by atoms with E-state index < -0.39 is 0 Å². The van der Waals surface area contributed by atoms with Crippen LogP contribution in [0.5, 0.6) is 11.5 Å². The molecule has 0 N–H and O–H groups in total. The molecule has 3 heterocycles. The molecule has 6 nitrogen and oxygen atoms in total. The molecule has 0 spiro atoms. The summed E-state index contributed by atoms with van der Waals surface area (Å²) in [6.45, 7) is 2.18. The number of aromatic nitrogens is 3. The third kappa shape index (κ3) is 1.24. The van der Waals surface area contributed by atoms with Crippen LogP contribution in [-0.4, -0.2) is 21.6 Å². The van der Waals surface area contributed by atoms with E-state index in [-0.39, 0.29) is 12.4 Å². The molecule has 1 aliphatic rings. The van der Waals surface area contributed by atoms with Crippen molar-refractivity contribution in [1.29, 1.82) is 0 Å². The summed E-state index contributed by atoms with van der Waals surface area (Å²) >= 11 is 0. The highest BCUT2D eigenvalue weighted by atomic mass is 16.7. The van der Waals surface area contributed by atoms with Crippen LogP contribution >= 0.6 is 0 Å². The second kappa shape index (κ2) is 3.41. The first kappa shape index (κ1) is 10.8. The van der Waals surface area contributed by atoms with E-state index >= 15 is 0 Å². The smallest absolute Gasteiger partial charge is 0.280 e. The van der Waals surface area contributed by atoms with Gasteiger partial charge in [-0.2, -0.15) is 4.52 Å². The average Bonchev–Trinajstić information content (AvgIpc) is 3.09. The van der Waals surface area contributed by atoms with E-state index in [2.05, 4.69) is 10.3 Å². The highest BCUT2D eigenvalue weighted by Crippen LogP contribution is 2.38. The number of aryl methyl sites for hydroxylation is 1. The minimum Gasteiger partial charge on any atom is -0.454 e. The van der Waals surface area contributed by atoms with Crippen molar-refractivity contribution in [2.75, 3.05) is 6.79 Å². The van der Waals surface area contributed by atoms with Crippen LogP contribution in [0, 0.1) is 6.92 Å². The van der Waals surface area contributed by atoms with E-state index in [4.69, 9.17) is 9.47 Å². The van der Waals surface area contributed by atoms with Crippen LogP contribution in [-0.2, 0) is 0 Å². The summed E-state index contributed by atoms with van der Waals surface area (Å²) in [7, 11) is 0. The molecule has 0 unspecified atom stereocenters. The number of nitrogens with zero attached hydrogens (tertiary/aromatic N) is 3. The van der Waals surface area contributed by atoms with Crippen LogP contribution in [0.4, 0.5) is 0 Å². The van der Waals surface area contributed by atoms with E-state index in [9.17, 15) is 4.79 Å². The topological polar surface area (TPSA) is 65.7 Å². The van der Waals surface area contributed by atoms with Gasteiger partial charge in [0.1, 0.15) is 11.0 Å². The normalized spacial score (nSPS) is 13.8. The van der Waals surface area contributed by atoms with Crippen LogP contribution in [0.1, 0.15) is 5.56 Å². The van der Waals surface area contributed by atoms with Crippen molar-refractivity contribution < 1.29 is 9.47 Å². The fraction of sp³-hybridized carbons (Fsp3) is 0.133. The van der Waals surface area contributed by atoms with Gasteiger partial charge in [-0.15, -0.1) is 5.10 Å². The molecule has 0 amide bonds. The number of rotatable bonds is 0. The molecule has 2 aromatic carbocycles. The summed E-state index contributed by atoms with van der Waals surface area (Å²) in [6.07, 6.45) is 0. The van der Waals surface area contributed by atoms with Crippen molar-refractivity contribution in [3.63, 3.8) is 0 Å². The van der Waals surface area contributed by atoms with Gasteiger partial charge < -0.3 is 9.47 Å². The zero-order valence-electron chi connectivity index (χ0n) is 11.1. The number of benzene rings is 2. The maximum Gasteiger partial charge on any atom is 0.280 e. The molecule has 0 fully saturated rings. The Labute approximate surface area is 117 Å². The lowest BCUT2D eigenvalue weighted by atomic mass is 10.0. The van der Waals surface area contributed by atoms with E-state index in [1.807, 2.05) is 25.1 Å². The molecule has 2 aromatic heterocycles. The fourth-order valence-electron chi connectivity index (χ4n) is 3.00. The summed E-state index contributed by atoms with van der Waals surface area (Å²) in [5.41, 5.74) is 2.35. The molecule has 1 aliphatic heterocycles. The zero-order valence-corrected chi connectivity index (χ0v) is 11.1. The van der Waals surface area contributed by atoms with Crippen LogP contribution in [0.3, 0.4) is 0 Å². The van der Waals surface area contributed by atoms with Crippen molar-refractivity contribution in [2.45, 2.75) is 6.92 Å². The highest BCUT2D eigenvalue weighted by molar-refractivity contribution is 6.11. The monoisotopic (exact) mass is 279 g/mol. The summed E-state index contributed by atoms with van der Waals surface area (Å²) in [5.74, 6) is 1.26. The number of fused-ring (bicyclic) bond motifs is 3. The zero-order chi connectivity index (χ0) is 14.1. The molecule has 5 rings (SSSR count). The van der Waals surface area contributed by atoms with Gasteiger partial charge >= 0.3 is 0 Å². The molecule has 102 valence electrons. The summed E-state index contributed by atoms with van der Waals surface area (Å²) in [5, 5.41) is 10.4.